The summed E-state index contributed by atoms with van der Waals surface area (Å²) < 4.78 is 25.7. The van der Waals surface area contributed by atoms with Crippen LogP contribution in [0.4, 0.5) is 8.78 Å². The van der Waals surface area contributed by atoms with E-state index in [1.54, 1.807) is 0 Å². The zero-order valence-corrected chi connectivity index (χ0v) is 8.74. The van der Waals surface area contributed by atoms with Crippen molar-refractivity contribution < 1.29 is 13.7 Å². The van der Waals surface area contributed by atoms with Gasteiger partial charge in [-0.1, -0.05) is 6.07 Å². The van der Waals surface area contributed by atoms with Crippen LogP contribution in [0.1, 0.15) is 12.5 Å². The molecule has 1 unspecified atom stereocenters. The van der Waals surface area contributed by atoms with Gasteiger partial charge in [0.2, 0.25) is 6.04 Å². The summed E-state index contributed by atoms with van der Waals surface area (Å²) >= 11 is 0. The Morgan fingerprint density at radius 3 is 2.75 bits per heavy atom. The quantitative estimate of drug-likeness (QED) is 0.619. The SMILES string of the molecule is CC(CNCc1ccc(F)cc1F)[N+](=O)[O-]. The van der Waals surface area contributed by atoms with Gasteiger partial charge < -0.3 is 5.32 Å². The molecule has 1 N–H and O–H groups in total. The lowest BCUT2D eigenvalue weighted by atomic mass is 10.2. The van der Waals surface area contributed by atoms with Crippen molar-refractivity contribution in [3.8, 4) is 0 Å². The third kappa shape index (κ3) is 3.54. The van der Waals surface area contributed by atoms with Crippen LogP contribution in [0.5, 0.6) is 0 Å². The lowest BCUT2D eigenvalue weighted by Gasteiger charge is -2.07. The van der Waals surface area contributed by atoms with Crippen molar-refractivity contribution in [2.75, 3.05) is 6.54 Å². The van der Waals surface area contributed by atoms with Gasteiger partial charge in [-0.25, -0.2) is 8.78 Å². The molecule has 0 bridgehead atoms. The molecule has 0 saturated carbocycles. The Kier molecular flexibility index (Phi) is 4.30. The van der Waals surface area contributed by atoms with Gasteiger partial charge in [-0.2, -0.15) is 0 Å². The second-order valence-corrected chi connectivity index (χ2v) is 3.50. The van der Waals surface area contributed by atoms with Crippen LogP contribution in [0.25, 0.3) is 0 Å². The van der Waals surface area contributed by atoms with Crippen molar-refractivity contribution >= 4 is 0 Å². The Morgan fingerprint density at radius 1 is 1.50 bits per heavy atom. The number of rotatable bonds is 5. The first-order valence-electron chi connectivity index (χ1n) is 4.79. The van der Waals surface area contributed by atoms with Crippen LogP contribution in [0.3, 0.4) is 0 Å². The van der Waals surface area contributed by atoms with Gasteiger partial charge in [0, 0.05) is 30.0 Å². The van der Waals surface area contributed by atoms with Gasteiger partial charge in [-0.3, -0.25) is 10.1 Å². The van der Waals surface area contributed by atoms with Crippen molar-refractivity contribution in [2.45, 2.75) is 19.5 Å². The van der Waals surface area contributed by atoms with Crippen LogP contribution in [-0.4, -0.2) is 17.5 Å². The van der Waals surface area contributed by atoms with Gasteiger partial charge in [0.15, 0.2) is 0 Å². The predicted molar refractivity (Wildman–Crippen MR) is 54.5 cm³/mol. The zero-order chi connectivity index (χ0) is 12.1. The third-order valence-corrected chi connectivity index (χ3v) is 2.13. The molecule has 0 spiro atoms. The lowest BCUT2D eigenvalue weighted by Crippen LogP contribution is -2.30. The van der Waals surface area contributed by atoms with Crippen LogP contribution in [-0.2, 0) is 6.54 Å². The second kappa shape index (κ2) is 5.50. The van der Waals surface area contributed by atoms with E-state index in [0.29, 0.717) is 0 Å². The highest BCUT2D eigenvalue weighted by Crippen LogP contribution is 2.08. The number of nitro groups is 1. The van der Waals surface area contributed by atoms with Crippen molar-refractivity contribution in [3.63, 3.8) is 0 Å². The minimum Gasteiger partial charge on any atom is -0.306 e. The summed E-state index contributed by atoms with van der Waals surface area (Å²) in [4.78, 5) is 9.87. The average molecular weight is 230 g/mol. The normalized spacial score (nSPS) is 12.4. The molecule has 0 saturated heterocycles. The number of hydrogen-bond donors (Lipinski definition) is 1. The molecule has 0 aliphatic carbocycles. The third-order valence-electron chi connectivity index (χ3n) is 2.13. The molecule has 1 atom stereocenters. The Bertz CT molecular complexity index is 385. The Hall–Kier alpha value is -1.56. The molecule has 6 heteroatoms. The second-order valence-electron chi connectivity index (χ2n) is 3.50. The molecule has 0 heterocycles. The van der Waals surface area contributed by atoms with Gasteiger partial charge >= 0.3 is 0 Å². The highest BCUT2D eigenvalue weighted by atomic mass is 19.1. The van der Waals surface area contributed by atoms with Crippen LogP contribution in [0.2, 0.25) is 0 Å². The van der Waals surface area contributed by atoms with E-state index in [1.165, 1.54) is 13.0 Å². The minimum absolute atomic E-state index is 0.143. The van der Waals surface area contributed by atoms with E-state index in [9.17, 15) is 18.9 Å². The first-order valence-corrected chi connectivity index (χ1v) is 4.79. The maximum Gasteiger partial charge on any atom is 0.222 e. The summed E-state index contributed by atoms with van der Waals surface area (Å²) in [5, 5.41) is 13.0. The molecular weight excluding hydrogens is 218 g/mol. The zero-order valence-electron chi connectivity index (χ0n) is 8.74. The Labute approximate surface area is 91.4 Å². The average Bonchev–Trinajstić information content (AvgIpc) is 2.20. The summed E-state index contributed by atoms with van der Waals surface area (Å²) in [6.45, 7) is 1.74. The van der Waals surface area contributed by atoms with Gasteiger partial charge in [-0.05, 0) is 6.07 Å². The number of hydrogen-bond acceptors (Lipinski definition) is 3. The fraction of sp³-hybridized carbons (Fsp3) is 0.400. The van der Waals surface area contributed by atoms with Gasteiger partial charge in [0.1, 0.15) is 11.6 Å². The molecule has 4 nitrogen and oxygen atoms in total. The summed E-state index contributed by atoms with van der Waals surface area (Å²) in [6, 6.07) is 2.52. The van der Waals surface area contributed by atoms with Crippen LogP contribution >= 0.6 is 0 Å². The van der Waals surface area contributed by atoms with Crippen molar-refractivity contribution in [1.29, 1.82) is 0 Å². The van der Waals surface area contributed by atoms with Crippen molar-refractivity contribution in [3.05, 3.63) is 45.5 Å². The smallest absolute Gasteiger partial charge is 0.222 e. The molecule has 0 aliphatic rings. The molecule has 0 amide bonds. The number of halogens is 2. The van der Waals surface area contributed by atoms with Crippen LogP contribution < -0.4 is 5.32 Å². The van der Waals surface area contributed by atoms with Gasteiger partial charge in [-0.15, -0.1) is 0 Å². The molecule has 1 aromatic rings. The van der Waals surface area contributed by atoms with E-state index in [1.807, 2.05) is 0 Å². The number of benzene rings is 1. The van der Waals surface area contributed by atoms with E-state index < -0.39 is 22.6 Å². The summed E-state index contributed by atoms with van der Waals surface area (Å²) in [5.74, 6) is -1.29. The fourth-order valence-corrected chi connectivity index (χ4v) is 1.16. The molecule has 88 valence electrons. The molecule has 0 fully saturated rings. The number of nitrogens with one attached hydrogen (secondary N) is 1. The number of nitrogens with zero attached hydrogens (tertiary/aromatic N) is 1. The van der Waals surface area contributed by atoms with E-state index >= 15 is 0 Å². The maximum atomic E-state index is 13.1. The predicted octanol–water partition coefficient (Wildman–Crippen LogP) is 1.72. The monoisotopic (exact) mass is 230 g/mol. The van der Waals surface area contributed by atoms with E-state index in [0.717, 1.165) is 12.1 Å². The highest BCUT2D eigenvalue weighted by molar-refractivity contribution is 5.18. The molecule has 1 rings (SSSR count). The Balaban J connectivity index is 2.46. The standard InChI is InChI=1S/C10H12F2N2O2/c1-7(14(15)16)5-13-6-8-2-3-9(11)4-10(8)12/h2-4,7,13H,5-6H2,1H3. The van der Waals surface area contributed by atoms with Crippen LogP contribution in [0, 0.1) is 21.7 Å². The summed E-state index contributed by atoms with van der Waals surface area (Å²) in [5.41, 5.74) is 0.289. The Morgan fingerprint density at radius 2 is 2.19 bits per heavy atom. The largest absolute Gasteiger partial charge is 0.306 e. The van der Waals surface area contributed by atoms with Crippen molar-refractivity contribution in [2.24, 2.45) is 0 Å². The highest BCUT2D eigenvalue weighted by Gasteiger charge is 2.12. The fourth-order valence-electron chi connectivity index (χ4n) is 1.16. The first kappa shape index (κ1) is 12.5. The van der Waals surface area contributed by atoms with E-state index in [4.69, 9.17) is 0 Å². The maximum absolute atomic E-state index is 13.1. The summed E-state index contributed by atoms with van der Waals surface area (Å²) in [6.07, 6.45) is 0. The first-order chi connectivity index (χ1) is 7.50. The topological polar surface area (TPSA) is 55.2 Å². The van der Waals surface area contributed by atoms with Crippen LogP contribution in [0.15, 0.2) is 18.2 Å². The molecule has 0 aliphatic heterocycles. The summed E-state index contributed by atoms with van der Waals surface area (Å²) in [7, 11) is 0. The van der Waals surface area contributed by atoms with Gasteiger partial charge in [0.25, 0.3) is 0 Å². The molecule has 0 radical (unpaired) electrons. The van der Waals surface area contributed by atoms with Crippen molar-refractivity contribution in [1.82, 2.24) is 5.32 Å². The molecule has 16 heavy (non-hydrogen) atoms. The lowest BCUT2D eigenvalue weighted by molar-refractivity contribution is -0.515. The van der Waals surface area contributed by atoms with Gasteiger partial charge in [0.05, 0.1) is 6.54 Å². The molecule has 0 aromatic heterocycles. The van der Waals surface area contributed by atoms with E-state index in [2.05, 4.69) is 5.32 Å². The molecular formula is C10H12F2N2O2. The van der Waals surface area contributed by atoms with E-state index in [-0.39, 0.29) is 18.7 Å². The minimum atomic E-state index is -0.733. The molecule has 1 aromatic carbocycles.